The maximum absolute atomic E-state index is 14.2. The van der Waals surface area contributed by atoms with E-state index in [1.165, 1.54) is 0 Å². The first-order valence-corrected chi connectivity index (χ1v) is 9.26. The summed E-state index contributed by atoms with van der Waals surface area (Å²) in [7, 11) is 0. The van der Waals surface area contributed by atoms with Crippen LogP contribution in [-0.2, 0) is 6.42 Å². The Morgan fingerprint density at radius 3 is 2.54 bits per heavy atom. The Bertz CT molecular complexity index is 978. The number of para-hydroxylation sites is 1. The molecule has 0 fully saturated rings. The van der Waals surface area contributed by atoms with Gasteiger partial charge >= 0.3 is 0 Å². The Kier molecular flexibility index (Phi) is 5.84. The zero-order valence-corrected chi connectivity index (χ0v) is 17.1. The van der Waals surface area contributed by atoms with Crippen LogP contribution in [0.2, 0.25) is 0 Å². The van der Waals surface area contributed by atoms with Gasteiger partial charge in [-0.2, -0.15) is 4.98 Å². The van der Waals surface area contributed by atoms with Crippen molar-refractivity contribution in [1.82, 2.24) is 9.97 Å². The number of aromatic nitrogens is 2. The number of fused-ring (bicyclic) bond motifs is 1. The predicted octanol–water partition coefficient (Wildman–Crippen LogP) is 5.52. The van der Waals surface area contributed by atoms with Gasteiger partial charge in [-0.05, 0) is 56.5 Å². The molecule has 1 aliphatic heterocycles. The van der Waals surface area contributed by atoms with Crippen molar-refractivity contribution in [3.05, 3.63) is 76.7 Å². The molecule has 28 heavy (non-hydrogen) atoms. The highest BCUT2D eigenvalue weighted by Crippen LogP contribution is 2.36. The van der Waals surface area contributed by atoms with Crippen molar-refractivity contribution >= 4 is 29.9 Å². The molecule has 0 bridgehead atoms. The first kappa shape index (κ1) is 20.1. The number of benzene rings is 2. The van der Waals surface area contributed by atoms with Gasteiger partial charge in [0.1, 0.15) is 11.6 Å². The lowest BCUT2D eigenvalue weighted by Gasteiger charge is -2.37. The molecule has 146 valence electrons. The molecule has 0 radical (unpaired) electrons. The van der Waals surface area contributed by atoms with E-state index in [0.717, 1.165) is 40.4 Å². The molecule has 1 N–H and O–H groups in total. The molecule has 1 aliphatic rings. The molecule has 1 aromatic heterocycles. The standard InChI is InChI=1S/C22H23FN4.ClH/c1-14-15(2)24-22(25-17-8-5-4-6-9-17)26-21(14)27-13-12-19-18(16(27)3)10-7-11-20(19)23;/h4-11,16H,12-13H2,1-3H3,(H,24,25,26);1H. The van der Waals surface area contributed by atoms with Gasteiger partial charge < -0.3 is 10.2 Å². The van der Waals surface area contributed by atoms with E-state index < -0.39 is 0 Å². The Labute approximate surface area is 171 Å². The molecule has 4 nitrogen and oxygen atoms in total. The van der Waals surface area contributed by atoms with E-state index in [1.807, 2.05) is 50.2 Å². The third-order valence-corrected chi connectivity index (χ3v) is 5.34. The molecule has 0 spiro atoms. The van der Waals surface area contributed by atoms with Crippen molar-refractivity contribution in [1.29, 1.82) is 0 Å². The summed E-state index contributed by atoms with van der Waals surface area (Å²) >= 11 is 0. The van der Waals surface area contributed by atoms with Crippen LogP contribution in [0.25, 0.3) is 0 Å². The monoisotopic (exact) mass is 398 g/mol. The average Bonchev–Trinajstić information content (AvgIpc) is 2.67. The highest BCUT2D eigenvalue weighted by molar-refractivity contribution is 5.85. The second kappa shape index (κ2) is 8.15. The minimum atomic E-state index is -0.110. The summed E-state index contributed by atoms with van der Waals surface area (Å²) in [5.41, 5.74) is 4.81. The Hall–Kier alpha value is -2.66. The minimum Gasteiger partial charge on any atom is -0.349 e. The molecule has 2 heterocycles. The summed E-state index contributed by atoms with van der Waals surface area (Å²) in [6.45, 7) is 6.89. The van der Waals surface area contributed by atoms with E-state index in [0.29, 0.717) is 12.4 Å². The molecule has 0 aliphatic carbocycles. The average molecular weight is 399 g/mol. The zero-order chi connectivity index (χ0) is 19.0. The smallest absolute Gasteiger partial charge is 0.229 e. The maximum atomic E-state index is 14.2. The maximum Gasteiger partial charge on any atom is 0.229 e. The fourth-order valence-electron chi connectivity index (χ4n) is 3.71. The van der Waals surface area contributed by atoms with Crippen LogP contribution in [0.15, 0.2) is 48.5 Å². The van der Waals surface area contributed by atoms with Gasteiger partial charge in [-0.1, -0.05) is 30.3 Å². The Balaban J connectivity index is 0.00000225. The molecular weight excluding hydrogens is 375 g/mol. The second-order valence-corrected chi connectivity index (χ2v) is 7.00. The summed E-state index contributed by atoms with van der Waals surface area (Å²) in [6.07, 6.45) is 0.677. The van der Waals surface area contributed by atoms with Gasteiger partial charge in [-0.15, -0.1) is 12.4 Å². The lowest BCUT2D eigenvalue weighted by Crippen LogP contribution is -2.36. The van der Waals surface area contributed by atoms with E-state index >= 15 is 0 Å². The molecule has 0 amide bonds. The van der Waals surface area contributed by atoms with Gasteiger partial charge in [0.25, 0.3) is 0 Å². The summed E-state index contributed by atoms with van der Waals surface area (Å²) in [6, 6.07) is 15.3. The van der Waals surface area contributed by atoms with Crippen LogP contribution in [-0.4, -0.2) is 16.5 Å². The fourth-order valence-corrected chi connectivity index (χ4v) is 3.71. The second-order valence-electron chi connectivity index (χ2n) is 7.00. The van der Waals surface area contributed by atoms with Crippen LogP contribution in [0.3, 0.4) is 0 Å². The number of nitrogens with zero attached hydrogens (tertiary/aromatic N) is 3. The number of halogens is 2. The van der Waals surface area contributed by atoms with E-state index in [2.05, 4.69) is 22.1 Å². The quantitative estimate of drug-likeness (QED) is 0.630. The topological polar surface area (TPSA) is 41.1 Å². The van der Waals surface area contributed by atoms with E-state index in [4.69, 9.17) is 4.98 Å². The van der Waals surface area contributed by atoms with E-state index in [1.54, 1.807) is 12.1 Å². The number of hydrogen-bond donors (Lipinski definition) is 1. The van der Waals surface area contributed by atoms with Crippen LogP contribution >= 0.6 is 12.4 Å². The molecule has 3 aromatic rings. The van der Waals surface area contributed by atoms with Crippen molar-refractivity contribution < 1.29 is 4.39 Å². The van der Waals surface area contributed by atoms with Crippen molar-refractivity contribution in [3.8, 4) is 0 Å². The third-order valence-electron chi connectivity index (χ3n) is 5.34. The van der Waals surface area contributed by atoms with Crippen molar-refractivity contribution in [2.75, 3.05) is 16.8 Å². The highest BCUT2D eigenvalue weighted by Gasteiger charge is 2.28. The van der Waals surface area contributed by atoms with Crippen LogP contribution in [0.1, 0.15) is 35.3 Å². The number of anilines is 3. The van der Waals surface area contributed by atoms with Gasteiger partial charge in [-0.3, -0.25) is 0 Å². The molecule has 6 heteroatoms. The summed E-state index contributed by atoms with van der Waals surface area (Å²) in [4.78, 5) is 11.7. The minimum absolute atomic E-state index is 0. The SMILES string of the molecule is Cc1nc(Nc2ccccc2)nc(N2CCc3c(F)cccc3C2C)c1C.Cl. The number of rotatable bonds is 3. The number of hydrogen-bond acceptors (Lipinski definition) is 4. The van der Waals surface area contributed by atoms with Gasteiger partial charge in [0, 0.05) is 23.5 Å². The van der Waals surface area contributed by atoms with Gasteiger partial charge in [0.2, 0.25) is 5.95 Å². The highest BCUT2D eigenvalue weighted by atomic mass is 35.5. The molecule has 4 rings (SSSR count). The van der Waals surface area contributed by atoms with E-state index in [9.17, 15) is 4.39 Å². The van der Waals surface area contributed by atoms with Gasteiger partial charge in [0.05, 0.1) is 6.04 Å². The van der Waals surface area contributed by atoms with E-state index in [-0.39, 0.29) is 24.3 Å². The lowest BCUT2D eigenvalue weighted by molar-refractivity contribution is 0.559. The molecule has 0 saturated heterocycles. The third kappa shape index (κ3) is 3.67. The Morgan fingerprint density at radius 1 is 1.04 bits per heavy atom. The normalized spacial score (nSPS) is 15.6. The molecule has 1 unspecified atom stereocenters. The van der Waals surface area contributed by atoms with Crippen molar-refractivity contribution in [2.45, 2.75) is 33.2 Å². The van der Waals surface area contributed by atoms with Crippen LogP contribution < -0.4 is 10.2 Å². The molecule has 0 saturated carbocycles. The number of nitrogens with one attached hydrogen (secondary N) is 1. The van der Waals surface area contributed by atoms with Crippen LogP contribution in [0.5, 0.6) is 0 Å². The van der Waals surface area contributed by atoms with Gasteiger partial charge in [-0.25, -0.2) is 9.37 Å². The lowest BCUT2D eigenvalue weighted by atomic mass is 9.93. The zero-order valence-electron chi connectivity index (χ0n) is 16.2. The largest absolute Gasteiger partial charge is 0.349 e. The van der Waals surface area contributed by atoms with Gasteiger partial charge in [0.15, 0.2) is 0 Å². The van der Waals surface area contributed by atoms with Crippen molar-refractivity contribution in [2.24, 2.45) is 0 Å². The van der Waals surface area contributed by atoms with Crippen molar-refractivity contribution in [3.63, 3.8) is 0 Å². The first-order valence-electron chi connectivity index (χ1n) is 9.26. The summed E-state index contributed by atoms with van der Waals surface area (Å²) in [5, 5.41) is 3.29. The molecular formula is C22H24ClFN4. The predicted molar refractivity (Wildman–Crippen MR) is 114 cm³/mol. The molecule has 2 aromatic carbocycles. The summed E-state index contributed by atoms with van der Waals surface area (Å²) in [5.74, 6) is 1.38. The summed E-state index contributed by atoms with van der Waals surface area (Å²) < 4.78 is 14.2. The Morgan fingerprint density at radius 2 is 1.79 bits per heavy atom. The van der Waals surface area contributed by atoms with Crippen LogP contribution in [0.4, 0.5) is 21.8 Å². The first-order chi connectivity index (χ1) is 13.0. The number of aryl methyl sites for hydroxylation is 1. The molecule has 1 atom stereocenters. The fraction of sp³-hybridized carbons (Fsp3) is 0.273. The van der Waals surface area contributed by atoms with Crippen LogP contribution in [0, 0.1) is 19.7 Å².